The number of hydrogen-bond acceptors (Lipinski definition) is 3. The minimum atomic E-state index is -0.596. The van der Waals surface area contributed by atoms with Gasteiger partial charge < -0.3 is 5.32 Å². The van der Waals surface area contributed by atoms with Crippen molar-refractivity contribution < 1.29 is 4.79 Å². The van der Waals surface area contributed by atoms with Crippen LogP contribution in [0.5, 0.6) is 0 Å². The fourth-order valence-corrected chi connectivity index (χ4v) is 3.64. The smallest absolute Gasteiger partial charge is 0.254 e. The van der Waals surface area contributed by atoms with Gasteiger partial charge in [-0.1, -0.05) is 20.8 Å². The van der Waals surface area contributed by atoms with E-state index in [0.29, 0.717) is 18.5 Å². The van der Waals surface area contributed by atoms with Crippen LogP contribution >= 0.6 is 0 Å². The molecule has 2 heterocycles. The van der Waals surface area contributed by atoms with E-state index in [9.17, 15) is 4.79 Å². The van der Waals surface area contributed by atoms with Gasteiger partial charge in [0.1, 0.15) is 5.54 Å². The minimum Gasteiger partial charge on any atom is -0.342 e. The molecule has 0 bridgehead atoms. The molecule has 5 heteroatoms. The number of rotatable bonds is 5. The number of carbonyl (C=O) groups excluding carboxylic acids is 1. The molecule has 2 unspecified atom stereocenters. The molecule has 2 aliphatic rings. The molecule has 114 valence electrons. The monoisotopic (exact) mass is 280 g/mol. The van der Waals surface area contributed by atoms with E-state index in [1.807, 2.05) is 6.92 Å². The van der Waals surface area contributed by atoms with E-state index in [1.165, 1.54) is 6.42 Å². The fraction of sp³-hybridized carbons (Fsp3) is 0.867. The average molecular weight is 280 g/mol. The summed E-state index contributed by atoms with van der Waals surface area (Å²) in [6.45, 7) is 11.1. The van der Waals surface area contributed by atoms with Gasteiger partial charge in [-0.3, -0.25) is 20.0 Å². The largest absolute Gasteiger partial charge is 0.342 e. The van der Waals surface area contributed by atoms with Crippen molar-refractivity contribution in [2.75, 3.05) is 19.6 Å². The van der Waals surface area contributed by atoms with Crippen LogP contribution in [0.3, 0.4) is 0 Å². The van der Waals surface area contributed by atoms with Crippen LogP contribution in [0.15, 0.2) is 0 Å². The highest BCUT2D eigenvalue weighted by molar-refractivity contribution is 6.07. The zero-order valence-corrected chi connectivity index (χ0v) is 13.2. The van der Waals surface area contributed by atoms with Gasteiger partial charge in [0, 0.05) is 12.6 Å². The summed E-state index contributed by atoms with van der Waals surface area (Å²) in [6, 6.07) is 0.410. The molecule has 2 N–H and O–H groups in total. The van der Waals surface area contributed by atoms with Gasteiger partial charge >= 0.3 is 0 Å². The molecular weight excluding hydrogens is 252 g/mol. The molecule has 1 amide bonds. The summed E-state index contributed by atoms with van der Waals surface area (Å²) in [5.41, 5.74) is -0.596. The number of amides is 1. The zero-order valence-electron chi connectivity index (χ0n) is 13.2. The summed E-state index contributed by atoms with van der Waals surface area (Å²) in [5.74, 6) is 0.781. The SMILES string of the molecule is CCN1CCCC1CN1C(=N)NC(C)(CC(C)C)C1=O. The third kappa shape index (κ3) is 2.82. The summed E-state index contributed by atoms with van der Waals surface area (Å²) in [5, 5.41) is 11.2. The van der Waals surface area contributed by atoms with Gasteiger partial charge in [0.25, 0.3) is 5.91 Å². The number of nitrogens with one attached hydrogen (secondary N) is 2. The molecule has 0 aliphatic carbocycles. The van der Waals surface area contributed by atoms with Gasteiger partial charge in [-0.15, -0.1) is 0 Å². The number of likely N-dealkylation sites (N-methyl/N-ethyl adjacent to an activating group) is 1. The molecule has 2 rings (SSSR count). The lowest BCUT2D eigenvalue weighted by Crippen LogP contribution is -2.46. The van der Waals surface area contributed by atoms with Crippen molar-refractivity contribution in [3.8, 4) is 0 Å². The van der Waals surface area contributed by atoms with Crippen LogP contribution in [0.25, 0.3) is 0 Å². The van der Waals surface area contributed by atoms with Crippen LogP contribution in [0.4, 0.5) is 0 Å². The van der Waals surface area contributed by atoms with Gasteiger partial charge in [-0.2, -0.15) is 0 Å². The first kappa shape index (κ1) is 15.3. The lowest BCUT2D eigenvalue weighted by atomic mass is 9.91. The molecule has 0 spiro atoms. The van der Waals surface area contributed by atoms with Crippen LogP contribution in [0, 0.1) is 11.3 Å². The lowest BCUT2D eigenvalue weighted by molar-refractivity contribution is -0.131. The number of likely N-dealkylation sites (tertiary alicyclic amines) is 1. The van der Waals surface area contributed by atoms with Crippen molar-refractivity contribution in [1.82, 2.24) is 15.1 Å². The fourth-order valence-electron chi connectivity index (χ4n) is 3.64. The normalized spacial score (nSPS) is 31.4. The molecule has 0 radical (unpaired) electrons. The Balaban J connectivity index is 2.05. The van der Waals surface area contributed by atoms with Gasteiger partial charge in [-0.05, 0) is 45.2 Å². The topological polar surface area (TPSA) is 59.4 Å². The molecule has 0 aromatic rings. The second-order valence-corrected chi connectivity index (χ2v) is 6.74. The third-order valence-corrected chi connectivity index (χ3v) is 4.50. The molecule has 2 aliphatic heterocycles. The standard InChI is InChI=1S/C15H28N4O/c1-5-18-8-6-7-12(18)10-19-13(20)15(4,9-11(2)3)17-14(19)16/h11-12H,5-10H2,1-4H3,(H2,16,17). The predicted molar refractivity (Wildman–Crippen MR) is 80.7 cm³/mol. The Morgan fingerprint density at radius 2 is 2.20 bits per heavy atom. The highest BCUT2D eigenvalue weighted by atomic mass is 16.2. The summed E-state index contributed by atoms with van der Waals surface area (Å²) in [7, 11) is 0. The number of guanidine groups is 1. The summed E-state index contributed by atoms with van der Waals surface area (Å²) in [4.78, 5) is 16.7. The van der Waals surface area contributed by atoms with Gasteiger partial charge in [-0.25, -0.2) is 0 Å². The van der Waals surface area contributed by atoms with Crippen LogP contribution in [-0.2, 0) is 4.79 Å². The zero-order chi connectivity index (χ0) is 14.9. The molecule has 20 heavy (non-hydrogen) atoms. The van der Waals surface area contributed by atoms with Crippen LogP contribution in [-0.4, -0.2) is 52.9 Å². The van der Waals surface area contributed by atoms with E-state index in [0.717, 1.165) is 25.9 Å². The number of carbonyl (C=O) groups is 1. The van der Waals surface area contributed by atoms with Gasteiger partial charge in [0.15, 0.2) is 5.96 Å². The molecule has 2 fully saturated rings. The highest BCUT2D eigenvalue weighted by Crippen LogP contribution is 2.26. The average Bonchev–Trinajstić information content (AvgIpc) is 2.87. The first-order valence-electron chi connectivity index (χ1n) is 7.80. The second kappa shape index (κ2) is 5.72. The van der Waals surface area contributed by atoms with E-state index in [-0.39, 0.29) is 11.9 Å². The van der Waals surface area contributed by atoms with E-state index in [1.54, 1.807) is 4.90 Å². The Bertz CT molecular complexity index is 395. The molecular formula is C15H28N4O. The van der Waals surface area contributed by atoms with Crippen molar-refractivity contribution in [3.63, 3.8) is 0 Å². The highest BCUT2D eigenvalue weighted by Gasteiger charge is 2.46. The van der Waals surface area contributed by atoms with Crippen molar-refractivity contribution in [3.05, 3.63) is 0 Å². The molecule has 2 atom stereocenters. The molecule has 0 saturated carbocycles. The van der Waals surface area contributed by atoms with Crippen molar-refractivity contribution in [1.29, 1.82) is 5.41 Å². The van der Waals surface area contributed by atoms with E-state index in [4.69, 9.17) is 5.41 Å². The quantitative estimate of drug-likeness (QED) is 0.805. The molecule has 5 nitrogen and oxygen atoms in total. The molecule has 0 aromatic carbocycles. The minimum absolute atomic E-state index is 0.0687. The van der Waals surface area contributed by atoms with E-state index < -0.39 is 5.54 Å². The maximum atomic E-state index is 12.7. The summed E-state index contributed by atoms with van der Waals surface area (Å²) >= 11 is 0. The molecule has 0 aromatic heterocycles. The third-order valence-electron chi connectivity index (χ3n) is 4.50. The second-order valence-electron chi connectivity index (χ2n) is 6.74. The Morgan fingerprint density at radius 3 is 2.80 bits per heavy atom. The Labute approximate surface area is 122 Å². The maximum Gasteiger partial charge on any atom is 0.254 e. The first-order chi connectivity index (χ1) is 9.37. The van der Waals surface area contributed by atoms with Crippen molar-refractivity contribution in [2.24, 2.45) is 5.92 Å². The Morgan fingerprint density at radius 1 is 1.50 bits per heavy atom. The summed E-state index contributed by atoms with van der Waals surface area (Å²) in [6.07, 6.45) is 3.10. The lowest BCUT2D eigenvalue weighted by Gasteiger charge is -2.28. The molecule has 2 saturated heterocycles. The van der Waals surface area contributed by atoms with E-state index >= 15 is 0 Å². The van der Waals surface area contributed by atoms with Crippen molar-refractivity contribution in [2.45, 2.75) is 58.5 Å². The number of nitrogens with zero attached hydrogens (tertiary/aromatic N) is 2. The Hall–Kier alpha value is -1.10. The van der Waals surface area contributed by atoms with Crippen LogP contribution in [0.1, 0.15) is 47.0 Å². The maximum absolute atomic E-state index is 12.7. The van der Waals surface area contributed by atoms with Crippen molar-refractivity contribution >= 4 is 11.9 Å². The number of hydrogen-bond donors (Lipinski definition) is 2. The Kier molecular flexibility index (Phi) is 4.37. The predicted octanol–water partition coefficient (Wildman–Crippen LogP) is 1.64. The first-order valence-corrected chi connectivity index (χ1v) is 7.80. The van der Waals surface area contributed by atoms with Crippen LogP contribution < -0.4 is 5.32 Å². The van der Waals surface area contributed by atoms with E-state index in [2.05, 4.69) is 31.0 Å². The summed E-state index contributed by atoms with van der Waals surface area (Å²) < 4.78 is 0. The van der Waals surface area contributed by atoms with Gasteiger partial charge in [0.05, 0.1) is 0 Å². The van der Waals surface area contributed by atoms with Gasteiger partial charge in [0.2, 0.25) is 0 Å². The van der Waals surface area contributed by atoms with Crippen LogP contribution in [0.2, 0.25) is 0 Å².